The summed E-state index contributed by atoms with van der Waals surface area (Å²) in [6, 6.07) is 17.1. The Bertz CT molecular complexity index is 927. The van der Waals surface area contributed by atoms with E-state index in [1.807, 2.05) is 55.5 Å². The van der Waals surface area contributed by atoms with Gasteiger partial charge in [0.15, 0.2) is 11.8 Å². The molecule has 0 radical (unpaired) electrons. The minimum Gasteiger partial charge on any atom is -0.478 e. The van der Waals surface area contributed by atoms with Crippen LogP contribution in [0, 0.1) is 18.3 Å². The number of aliphatic imine (C=N–C) groups is 1. The van der Waals surface area contributed by atoms with E-state index >= 15 is 0 Å². The van der Waals surface area contributed by atoms with Gasteiger partial charge in [-0.05, 0) is 43.0 Å². The zero-order valence-electron chi connectivity index (χ0n) is 14.5. The summed E-state index contributed by atoms with van der Waals surface area (Å²) < 4.78 is 5.42. The molecule has 0 aromatic heterocycles. The van der Waals surface area contributed by atoms with Crippen LogP contribution in [0.2, 0.25) is 0 Å². The molecule has 2 aromatic rings. The first-order chi connectivity index (χ1) is 12.6. The number of hydrogen-bond donors (Lipinski definition) is 0. The molecular weight excluding hydrogens is 346 g/mol. The molecular formula is C20H17N3O2S. The quantitative estimate of drug-likeness (QED) is 0.766. The Kier molecular flexibility index (Phi) is 5.40. The van der Waals surface area contributed by atoms with Crippen molar-refractivity contribution in [2.24, 2.45) is 4.99 Å². The van der Waals surface area contributed by atoms with Gasteiger partial charge < -0.3 is 4.74 Å². The summed E-state index contributed by atoms with van der Waals surface area (Å²) in [7, 11) is 1.71. The molecule has 0 spiro atoms. The van der Waals surface area contributed by atoms with E-state index in [2.05, 4.69) is 4.99 Å². The fourth-order valence-corrected chi connectivity index (χ4v) is 3.34. The minimum atomic E-state index is -0.115. The van der Waals surface area contributed by atoms with Crippen LogP contribution in [0.4, 0.5) is 5.69 Å². The second-order valence-corrected chi connectivity index (χ2v) is 6.70. The standard InChI is InChI=1S/C20H17N3O2S/c1-14-7-9-16(10-8-14)22-20-23(2)19(24)18(26-20)13-15-5-3-4-6-17(15)25-12-11-21/h3-10,13H,12H2,1-2H3/b18-13+,22-20?. The predicted octanol–water partition coefficient (Wildman–Crippen LogP) is 4.13. The van der Waals surface area contributed by atoms with Crippen molar-refractivity contribution in [3.05, 3.63) is 64.6 Å². The van der Waals surface area contributed by atoms with Crippen LogP contribution in [-0.4, -0.2) is 29.6 Å². The van der Waals surface area contributed by atoms with Crippen molar-refractivity contribution in [3.8, 4) is 11.8 Å². The number of carbonyl (C=O) groups excluding carboxylic acids is 1. The maximum atomic E-state index is 12.6. The number of benzene rings is 2. The average molecular weight is 363 g/mol. The highest BCUT2D eigenvalue weighted by atomic mass is 32.2. The third-order valence-corrected chi connectivity index (χ3v) is 4.82. The normalized spacial score (nSPS) is 17.0. The van der Waals surface area contributed by atoms with Gasteiger partial charge in [-0.3, -0.25) is 9.69 Å². The van der Waals surface area contributed by atoms with Gasteiger partial charge in [-0.25, -0.2) is 4.99 Å². The van der Waals surface area contributed by atoms with Gasteiger partial charge in [-0.2, -0.15) is 5.26 Å². The molecule has 0 bridgehead atoms. The second-order valence-electron chi connectivity index (χ2n) is 5.69. The van der Waals surface area contributed by atoms with Crippen molar-refractivity contribution in [2.45, 2.75) is 6.92 Å². The van der Waals surface area contributed by atoms with E-state index in [0.29, 0.717) is 15.8 Å². The lowest BCUT2D eigenvalue weighted by Gasteiger charge is -2.07. The number of aryl methyl sites for hydroxylation is 1. The summed E-state index contributed by atoms with van der Waals surface area (Å²) in [5, 5.41) is 9.33. The van der Waals surface area contributed by atoms with Crippen LogP contribution < -0.4 is 4.74 Å². The summed E-state index contributed by atoms with van der Waals surface area (Å²) >= 11 is 1.32. The van der Waals surface area contributed by atoms with E-state index in [-0.39, 0.29) is 12.5 Å². The summed E-state index contributed by atoms with van der Waals surface area (Å²) in [5.74, 6) is 0.456. The lowest BCUT2D eigenvalue weighted by molar-refractivity contribution is -0.121. The van der Waals surface area contributed by atoms with Gasteiger partial charge in [-0.1, -0.05) is 35.9 Å². The van der Waals surface area contributed by atoms with Crippen LogP contribution in [0.15, 0.2) is 58.4 Å². The molecule has 0 atom stereocenters. The van der Waals surface area contributed by atoms with Gasteiger partial charge in [0, 0.05) is 12.6 Å². The molecule has 1 aliphatic rings. The summed E-state index contributed by atoms with van der Waals surface area (Å²) in [6.45, 7) is 1.98. The van der Waals surface area contributed by atoms with Gasteiger partial charge in [-0.15, -0.1) is 0 Å². The van der Waals surface area contributed by atoms with Crippen molar-refractivity contribution in [1.82, 2.24) is 4.90 Å². The van der Waals surface area contributed by atoms with Crippen LogP contribution >= 0.6 is 11.8 Å². The Morgan fingerprint density at radius 2 is 1.96 bits per heavy atom. The fraction of sp³-hybridized carbons (Fsp3) is 0.150. The van der Waals surface area contributed by atoms with Gasteiger partial charge >= 0.3 is 0 Å². The number of likely N-dealkylation sites (N-methyl/N-ethyl adjacent to an activating group) is 1. The van der Waals surface area contributed by atoms with Gasteiger partial charge in [0.05, 0.1) is 10.6 Å². The third kappa shape index (κ3) is 3.95. The van der Waals surface area contributed by atoms with E-state index in [0.717, 1.165) is 16.8 Å². The molecule has 1 heterocycles. The Labute approximate surface area is 156 Å². The highest BCUT2D eigenvalue weighted by Crippen LogP contribution is 2.34. The lowest BCUT2D eigenvalue weighted by Crippen LogP contribution is -2.23. The van der Waals surface area contributed by atoms with E-state index in [1.54, 1.807) is 19.2 Å². The van der Waals surface area contributed by atoms with Crippen LogP contribution in [0.25, 0.3) is 6.08 Å². The number of ether oxygens (including phenoxy) is 1. The SMILES string of the molecule is Cc1ccc(N=C2S/C(=C/c3ccccc3OCC#N)C(=O)N2C)cc1. The first-order valence-corrected chi connectivity index (χ1v) is 8.82. The highest BCUT2D eigenvalue weighted by molar-refractivity contribution is 8.18. The second kappa shape index (κ2) is 7.89. The molecule has 3 rings (SSSR count). The Hall–Kier alpha value is -3.04. The molecule has 1 saturated heterocycles. The molecule has 1 fully saturated rings. The minimum absolute atomic E-state index is 0.0404. The molecule has 26 heavy (non-hydrogen) atoms. The van der Waals surface area contributed by atoms with Crippen molar-refractivity contribution >= 4 is 34.6 Å². The summed E-state index contributed by atoms with van der Waals surface area (Å²) in [5.41, 5.74) is 2.72. The molecule has 2 aromatic carbocycles. The van der Waals surface area contributed by atoms with Crippen molar-refractivity contribution in [2.75, 3.05) is 13.7 Å². The molecule has 0 unspecified atom stereocenters. The Balaban J connectivity index is 1.88. The average Bonchev–Trinajstić information content (AvgIpc) is 2.91. The Morgan fingerprint density at radius 3 is 2.69 bits per heavy atom. The highest BCUT2D eigenvalue weighted by Gasteiger charge is 2.30. The maximum absolute atomic E-state index is 12.6. The summed E-state index contributed by atoms with van der Waals surface area (Å²) in [6.07, 6.45) is 1.77. The van der Waals surface area contributed by atoms with E-state index < -0.39 is 0 Å². The molecule has 0 N–H and O–H groups in total. The van der Waals surface area contributed by atoms with Gasteiger partial charge in [0.2, 0.25) is 0 Å². The first kappa shape index (κ1) is 17.8. The zero-order chi connectivity index (χ0) is 18.5. The van der Waals surface area contributed by atoms with Crippen LogP contribution in [-0.2, 0) is 4.79 Å². The largest absolute Gasteiger partial charge is 0.478 e. The first-order valence-electron chi connectivity index (χ1n) is 8.00. The van der Waals surface area contributed by atoms with Crippen molar-refractivity contribution in [3.63, 3.8) is 0 Å². The number of carbonyl (C=O) groups is 1. The molecule has 130 valence electrons. The van der Waals surface area contributed by atoms with Gasteiger partial charge in [0.25, 0.3) is 5.91 Å². The molecule has 0 saturated carbocycles. The topological polar surface area (TPSA) is 65.7 Å². The van der Waals surface area contributed by atoms with Crippen molar-refractivity contribution < 1.29 is 9.53 Å². The number of amidine groups is 1. The molecule has 1 aliphatic heterocycles. The number of amides is 1. The molecule has 6 heteroatoms. The zero-order valence-corrected chi connectivity index (χ0v) is 15.3. The number of nitrogens with zero attached hydrogens (tertiary/aromatic N) is 3. The number of para-hydroxylation sites is 1. The third-order valence-electron chi connectivity index (χ3n) is 3.76. The number of thioether (sulfide) groups is 1. The number of nitriles is 1. The summed E-state index contributed by atoms with van der Waals surface area (Å²) in [4.78, 5) is 19.2. The van der Waals surface area contributed by atoms with Crippen molar-refractivity contribution in [1.29, 1.82) is 5.26 Å². The van der Waals surface area contributed by atoms with E-state index in [1.165, 1.54) is 16.7 Å². The monoisotopic (exact) mass is 363 g/mol. The Morgan fingerprint density at radius 1 is 1.23 bits per heavy atom. The van der Waals surface area contributed by atoms with Gasteiger partial charge in [0.1, 0.15) is 11.8 Å². The van der Waals surface area contributed by atoms with E-state index in [4.69, 9.17) is 10.00 Å². The fourth-order valence-electron chi connectivity index (χ4n) is 2.36. The predicted molar refractivity (Wildman–Crippen MR) is 104 cm³/mol. The smallest absolute Gasteiger partial charge is 0.266 e. The maximum Gasteiger partial charge on any atom is 0.266 e. The lowest BCUT2D eigenvalue weighted by atomic mass is 10.2. The van der Waals surface area contributed by atoms with Crippen LogP contribution in [0.3, 0.4) is 0 Å². The van der Waals surface area contributed by atoms with Crippen LogP contribution in [0.1, 0.15) is 11.1 Å². The molecule has 1 amide bonds. The molecule has 0 aliphatic carbocycles. The van der Waals surface area contributed by atoms with E-state index in [9.17, 15) is 4.79 Å². The van der Waals surface area contributed by atoms with Crippen LogP contribution in [0.5, 0.6) is 5.75 Å². The molecule has 5 nitrogen and oxygen atoms in total. The number of rotatable bonds is 4. The number of hydrogen-bond acceptors (Lipinski definition) is 5.